The van der Waals surface area contributed by atoms with Crippen LogP contribution in [0.3, 0.4) is 0 Å². The lowest BCUT2D eigenvalue weighted by atomic mass is 10.0. The number of hydrogen-bond acceptors (Lipinski definition) is 3. The SMILES string of the molecule is CC(C)C(N)C(=O)Nc1ccc(C(F)(F)F)cc1C(=O)O. The maximum absolute atomic E-state index is 12.6. The number of halogens is 3. The maximum atomic E-state index is 12.6. The highest BCUT2D eigenvalue weighted by Gasteiger charge is 2.32. The summed E-state index contributed by atoms with van der Waals surface area (Å²) in [6.07, 6.45) is -4.67. The van der Waals surface area contributed by atoms with Gasteiger partial charge in [0.05, 0.1) is 22.9 Å². The molecule has 0 spiro atoms. The molecule has 0 aromatic heterocycles. The molecule has 4 N–H and O–H groups in total. The van der Waals surface area contributed by atoms with E-state index in [9.17, 15) is 22.8 Å². The van der Waals surface area contributed by atoms with Crippen molar-refractivity contribution >= 4 is 17.6 Å². The van der Waals surface area contributed by atoms with E-state index in [2.05, 4.69) is 5.32 Å². The van der Waals surface area contributed by atoms with Crippen molar-refractivity contribution in [3.8, 4) is 0 Å². The lowest BCUT2D eigenvalue weighted by Crippen LogP contribution is -2.40. The molecule has 1 atom stereocenters. The molecule has 0 fully saturated rings. The summed E-state index contributed by atoms with van der Waals surface area (Å²) >= 11 is 0. The first-order valence-corrected chi connectivity index (χ1v) is 6.05. The number of alkyl halides is 3. The summed E-state index contributed by atoms with van der Waals surface area (Å²) in [4.78, 5) is 22.8. The molecule has 0 aliphatic heterocycles. The first-order chi connectivity index (χ1) is 9.54. The van der Waals surface area contributed by atoms with Gasteiger partial charge in [0.1, 0.15) is 0 Å². The highest BCUT2D eigenvalue weighted by Crippen LogP contribution is 2.32. The highest BCUT2D eigenvalue weighted by molar-refractivity contribution is 6.02. The number of hydrogen-bond donors (Lipinski definition) is 3. The molecule has 0 bridgehead atoms. The van der Waals surface area contributed by atoms with E-state index in [-0.39, 0.29) is 11.6 Å². The summed E-state index contributed by atoms with van der Waals surface area (Å²) in [7, 11) is 0. The van der Waals surface area contributed by atoms with Crippen LogP contribution in [-0.4, -0.2) is 23.0 Å². The van der Waals surface area contributed by atoms with Gasteiger partial charge in [0.2, 0.25) is 5.91 Å². The number of anilines is 1. The van der Waals surface area contributed by atoms with Gasteiger partial charge in [0.25, 0.3) is 0 Å². The van der Waals surface area contributed by atoms with Gasteiger partial charge in [0, 0.05) is 0 Å². The van der Waals surface area contributed by atoms with E-state index >= 15 is 0 Å². The topological polar surface area (TPSA) is 92.4 Å². The molecule has 0 aliphatic rings. The third-order valence-corrected chi connectivity index (χ3v) is 2.86. The zero-order chi connectivity index (χ0) is 16.4. The first kappa shape index (κ1) is 17.0. The summed E-state index contributed by atoms with van der Waals surface area (Å²) in [5.41, 5.74) is 3.62. The smallest absolute Gasteiger partial charge is 0.416 e. The van der Waals surface area contributed by atoms with Crippen molar-refractivity contribution in [2.45, 2.75) is 26.1 Å². The van der Waals surface area contributed by atoms with Crippen LogP contribution in [0.2, 0.25) is 0 Å². The van der Waals surface area contributed by atoms with Crippen LogP contribution in [0.4, 0.5) is 18.9 Å². The fourth-order valence-electron chi connectivity index (χ4n) is 1.53. The van der Waals surface area contributed by atoms with E-state index in [1.165, 1.54) is 0 Å². The van der Waals surface area contributed by atoms with E-state index in [1.807, 2.05) is 0 Å². The molecule has 1 rings (SSSR count). The number of carbonyl (C=O) groups is 2. The fourth-order valence-corrected chi connectivity index (χ4v) is 1.53. The Kier molecular flexibility index (Phi) is 4.95. The van der Waals surface area contributed by atoms with Crippen molar-refractivity contribution in [3.63, 3.8) is 0 Å². The molecule has 0 aliphatic carbocycles. The largest absolute Gasteiger partial charge is 0.478 e. The van der Waals surface area contributed by atoms with Crippen LogP contribution in [0.25, 0.3) is 0 Å². The van der Waals surface area contributed by atoms with Crippen molar-refractivity contribution in [2.24, 2.45) is 11.7 Å². The zero-order valence-corrected chi connectivity index (χ0v) is 11.4. The molecular formula is C13H15F3N2O3. The van der Waals surface area contributed by atoms with Crippen LogP contribution in [0.15, 0.2) is 18.2 Å². The number of nitrogens with two attached hydrogens (primary N) is 1. The van der Waals surface area contributed by atoms with Crippen molar-refractivity contribution in [1.82, 2.24) is 0 Å². The second-order valence-corrected chi connectivity index (χ2v) is 4.82. The number of rotatable bonds is 4. The predicted octanol–water partition coefficient (Wildman–Crippen LogP) is 2.33. The van der Waals surface area contributed by atoms with Gasteiger partial charge in [0.15, 0.2) is 0 Å². The monoisotopic (exact) mass is 304 g/mol. The minimum Gasteiger partial charge on any atom is -0.478 e. The summed E-state index contributed by atoms with van der Waals surface area (Å²) in [6.45, 7) is 3.38. The average Bonchev–Trinajstić information content (AvgIpc) is 2.36. The molecule has 1 aromatic carbocycles. The number of amides is 1. The highest BCUT2D eigenvalue weighted by atomic mass is 19.4. The molecule has 5 nitrogen and oxygen atoms in total. The van der Waals surface area contributed by atoms with Gasteiger partial charge in [-0.1, -0.05) is 13.8 Å². The minimum absolute atomic E-state index is 0.201. The third kappa shape index (κ3) is 4.19. The first-order valence-electron chi connectivity index (χ1n) is 6.05. The van der Waals surface area contributed by atoms with E-state index in [0.717, 1.165) is 6.07 Å². The van der Waals surface area contributed by atoms with Gasteiger partial charge in [-0.3, -0.25) is 4.79 Å². The zero-order valence-electron chi connectivity index (χ0n) is 11.4. The molecule has 1 amide bonds. The van der Waals surface area contributed by atoms with Gasteiger partial charge >= 0.3 is 12.1 Å². The molecule has 0 saturated carbocycles. The standard InChI is InChI=1S/C13H15F3N2O3/c1-6(2)10(17)11(19)18-9-4-3-7(13(14,15)16)5-8(9)12(20)21/h3-6,10H,17H2,1-2H3,(H,18,19)(H,20,21). The molecule has 21 heavy (non-hydrogen) atoms. The van der Waals surface area contributed by atoms with Crippen molar-refractivity contribution in [3.05, 3.63) is 29.3 Å². The molecule has 1 unspecified atom stereocenters. The van der Waals surface area contributed by atoms with Gasteiger partial charge in [-0.05, 0) is 24.1 Å². The average molecular weight is 304 g/mol. The minimum atomic E-state index is -4.67. The molecule has 0 heterocycles. The summed E-state index contributed by atoms with van der Waals surface area (Å²) in [5.74, 6) is -2.44. The van der Waals surface area contributed by atoms with Crippen LogP contribution in [0.5, 0.6) is 0 Å². The fraction of sp³-hybridized carbons (Fsp3) is 0.385. The summed E-state index contributed by atoms with van der Waals surface area (Å²) < 4.78 is 37.7. The Bertz CT molecular complexity index is 556. The lowest BCUT2D eigenvalue weighted by Gasteiger charge is -2.17. The van der Waals surface area contributed by atoms with Gasteiger partial charge in [-0.2, -0.15) is 13.2 Å². The maximum Gasteiger partial charge on any atom is 0.416 e. The van der Waals surface area contributed by atoms with Crippen molar-refractivity contribution < 1.29 is 27.9 Å². The number of benzene rings is 1. The van der Waals surface area contributed by atoms with Crippen LogP contribution in [0.1, 0.15) is 29.8 Å². The Labute approximate surface area is 118 Å². The molecule has 1 aromatic rings. The predicted molar refractivity (Wildman–Crippen MR) is 69.8 cm³/mol. The van der Waals surface area contributed by atoms with Crippen LogP contribution >= 0.6 is 0 Å². The number of nitrogens with one attached hydrogen (secondary N) is 1. The van der Waals surface area contributed by atoms with Gasteiger partial charge in [-0.15, -0.1) is 0 Å². The summed E-state index contributed by atoms with van der Waals surface area (Å²) in [5, 5.41) is 11.2. The van der Waals surface area contributed by atoms with Gasteiger partial charge < -0.3 is 16.2 Å². The number of carboxylic acid groups (broad SMARTS) is 1. The molecule has 8 heteroatoms. The van der Waals surface area contributed by atoms with Crippen LogP contribution in [0, 0.1) is 5.92 Å². The molecule has 116 valence electrons. The Hall–Kier alpha value is -2.09. The normalized spacial score (nSPS) is 13.1. The Balaban J connectivity index is 3.14. The number of carboxylic acids is 1. The van der Waals surface area contributed by atoms with Crippen molar-refractivity contribution in [2.75, 3.05) is 5.32 Å². The van der Waals surface area contributed by atoms with Crippen molar-refractivity contribution in [1.29, 1.82) is 0 Å². The number of carbonyl (C=O) groups excluding carboxylic acids is 1. The van der Waals surface area contributed by atoms with E-state index in [4.69, 9.17) is 10.8 Å². The third-order valence-electron chi connectivity index (χ3n) is 2.86. The molecule has 0 saturated heterocycles. The Morgan fingerprint density at radius 1 is 1.29 bits per heavy atom. The second kappa shape index (κ2) is 6.13. The van der Waals surface area contributed by atoms with Crippen LogP contribution < -0.4 is 11.1 Å². The van der Waals surface area contributed by atoms with E-state index in [0.29, 0.717) is 12.1 Å². The van der Waals surface area contributed by atoms with Gasteiger partial charge in [-0.25, -0.2) is 4.79 Å². The van der Waals surface area contributed by atoms with Crippen LogP contribution in [-0.2, 0) is 11.0 Å². The summed E-state index contributed by atoms with van der Waals surface area (Å²) in [6, 6.07) is 1.17. The van der Waals surface area contributed by atoms with E-state index < -0.39 is 35.2 Å². The molecule has 0 radical (unpaired) electrons. The quantitative estimate of drug-likeness (QED) is 0.796. The number of aromatic carboxylic acids is 1. The Morgan fingerprint density at radius 3 is 2.29 bits per heavy atom. The molecular weight excluding hydrogens is 289 g/mol. The second-order valence-electron chi connectivity index (χ2n) is 4.82. The van der Waals surface area contributed by atoms with E-state index in [1.54, 1.807) is 13.8 Å². The Morgan fingerprint density at radius 2 is 1.86 bits per heavy atom. The lowest BCUT2D eigenvalue weighted by molar-refractivity contribution is -0.137.